The molecule has 0 aliphatic carbocycles. The monoisotopic (exact) mass is 279 g/mol. The largest absolute Gasteiger partial charge is 0.344 e. The Morgan fingerprint density at radius 1 is 1.42 bits per heavy atom. The van der Waals surface area contributed by atoms with Gasteiger partial charge in [-0.25, -0.2) is 4.98 Å². The van der Waals surface area contributed by atoms with Gasteiger partial charge in [0.25, 0.3) is 5.91 Å². The molecule has 2 saturated heterocycles. The maximum atomic E-state index is 12.3. The Balaban J connectivity index is 1.65. The van der Waals surface area contributed by atoms with Gasteiger partial charge in [0.05, 0.1) is 10.4 Å². The van der Waals surface area contributed by atoms with Crippen molar-refractivity contribution in [1.82, 2.24) is 14.8 Å². The maximum Gasteiger partial charge on any atom is 0.273 e. The van der Waals surface area contributed by atoms with E-state index in [1.54, 1.807) is 4.90 Å². The minimum absolute atomic E-state index is 0.000623. The third kappa shape index (κ3) is 1.94. The van der Waals surface area contributed by atoms with Crippen LogP contribution in [-0.4, -0.2) is 53.3 Å². The number of piperidine rings is 1. The van der Waals surface area contributed by atoms with Gasteiger partial charge in [-0.1, -0.05) is 0 Å². The standard InChI is InChI=1S/C13H17N3O2S/c1-9-14-10(7-19-9)11(17)16-5-3-13(4-6-16)8-15(2)12(13)18/h7H,3-6,8H2,1-2H3. The van der Waals surface area contributed by atoms with Gasteiger partial charge < -0.3 is 9.80 Å². The first-order chi connectivity index (χ1) is 9.02. The number of β-lactam (4-membered cyclic amide) rings is 1. The molecule has 2 fully saturated rings. The molecule has 0 saturated carbocycles. The van der Waals surface area contributed by atoms with E-state index in [-0.39, 0.29) is 17.2 Å². The Hall–Kier alpha value is -1.43. The van der Waals surface area contributed by atoms with Crippen molar-refractivity contribution in [3.05, 3.63) is 16.1 Å². The number of thiazole rings is 1. The average molecular weight is 279 g/mol. The van der Waals surface area contributed by atoms with Crippen LogP contribution in [0.4, 0.5) is 0 Å². The molecule has 0 aromatic carbocycles. The van der Waals surface area contributed by atoms with E-state index in [0.717, 1.165) is 24.4 Å². The summed E-state index contributed by atoms with van der Waals surface area (Å²) in [5.41, 5.74) is 0.360. The SMILES string of the molecule is Cc1nc(C(=O)N2CCC3(CC2)CN(C)C3=O)cs1. The molecule has 0 unspecified atom stereocenters. The molecule has 3 rings (SSSR count). The van der Waals surface area contributed by atoms with E-state index in [0.29, 0.717) is 18.8 Å². The number of aryl methyl sites for hydroxylation is 1. The Morgan fingerprint density at radius 3 is 2.58 bits per heavy atom. The van der Waals surface area contributed by atoms with Crippen molar-refractivity contribution in [2.24, 2.45) is 5.41 Å². The van der Waals surface area contributed by atoms with Crippen LogP contribution in [0.15, 0.2) is 5.38 Å². The summed E-state index contributed by atoms with van der Waals surface area (Å²) in [5, 5.41) is 2.72. The number of carbonyl (C=O) groups is 2. The van der Waals surface area contributed by atoms with Crippen LogP contribution in [0.5, 0.6) is 0 Å². The molecule has 5 nitrogen and oxygen atoms in total. The lowest BCUT2D eigenvalue weighted by Crippen LogP contribution is -2.63. The van der Waals surface area contributed by atoms with Gasteiger partial charge in [0.15, 0.2) is 0 Å². The first-order valence-electron chi connectivity index (χ1n) is 6.49. The lowest BCUT2D eigenvalue weighted by atomic mass is 9.71. The molecule has 0 bridgehead atoms. The zero-order chi connectivity index (χ0) is 13.6. The predicted octanol–water partition coefficient (Wildman–Crippen LogP) is 1.15. The average Bonchev–Trinajstić information content (AvgIpc) is 2.85. The van der Waals surface area contributed by atoms with E-state index in [2.05, 4.69) is 4.98 Å². The van der Waals surface area contributed by atoms with Crippen molar-refractivity contribution < 1.29 is 9.59 Å². The van der Waals surface area contributed by atoms with Crippen molar-refractivity contribution >= 4 is 23.2 Å². The van der Waals surface area contributed by atoms with Gasteiger partial charge in [0, 0.05) is 32.1 Å². The number of hydrogen-bond acceptors (Lipinski definition) is 4. The van der Waals surface area contributed by atoms with Gasteiger partial charge in [-0.3, -0.25) is 9.59 Å². The molecule has 3 heterocycles. The van der Waals surface area contributed by atoms with Gasteiger partial charge in [-0.05, 0) is 19.8 Å². The van der Waals surface area contributed by atoms with Crippen LogP contribution in [0, 0.1) is 12.3 Å². The summed E-state index contributed by atoms with van der Waals surface area (Å²) in [5.74, 6) is 0.239. The van der Waals surface area contributed by atoms with E-state index in [9.17, 15) is 9.59 Å². The van der Waals surface area contributed by atoms with E-state index in [1.165, 1.54) is 11.3 Å². The second kappa shape index (κ2) is 4.30. The van der Waals surface area contributed by atoms with Crippen LogP contribution in [0.3, 0.4) is 0 Å². The first kappa shape index (κ1) is 12.6. The fourth-order valence-corrected chi connectivity index (χ4v) is 3.63. The molecule has 2 aliphatic heterocycles. The van der Waals surface area contributed by atoms with Crippen LogP contribution in [0.25, 0.3) is 0 Å². The molecule has 2 amide bonds. The van der Waals surface area contributed by atoms with Crippen LogP contribution in [-0.2, 0) is 4.79 Å². The van der Waals surface area contributed by atoms with Gasteiger partial charge in [-0.2, -0.15) is 0 Å². The molecule has 102 valence electrons. The third-order valence-electron chi connectivity index (χ3n) is 4.19. The van der Waals surface area contributed by atoms with Gasteiger partial charge in [0.2, 0.25) is 5.91 Å². The fourth-order valence-electron chi connectivity index (χ4n) is 3.04. The lowest BCUT2D eigenvalue weighted by molar-refractivity contribution is -0.161. The Bertz CT molecular complexity index is 532. The quantitative estimate of drug-likeness (QED) is 0.725. The molecular weight excluding hydrogens is 262 g/mol. The summed E-state index contributed by atoms with van der Waals surface area (Å²) < 4.78 is 0. The van der Waals surface area contributed by atoms with Crippen LogP contribution < -0.4 is 0 Å². The summed E-state index contributed by atoms with van der Waals surface area (Å²) in [4.78, 5) is 32.0. The Morgan fingerprint density at radius 2 is 2.11 bits per heavy atom. The van der Waals surface area contributed by atoms with Crippen LogP contribution >= 0.6 is 11.3 Å². The zero-order valence-electron chi connectivity index (χ0n) is 11.2. The third-order valence-corrected chi connectivity index (χ3v) is 4.96. The number of aromatic nitrogens is 1. The summed E-state index contributed by atoms with van der Waals surface area (Å²) in [7, 11) is 1.84. The van der Waals surface area contributed by atoms with Crippen molar-refractivity contribution in [3.8, 4) is 0 Å². The van der Waals surface area contributed by atoms with Gasteiger partial charge in [0.1, 0.15) is 5.69 Å². The number of hydrogen-bond donors (Lipinski definition) is 0. The predicted molar refractivity (Wildman–Crippen MR) is 72.1 cm³/mol. The molecule has 6 heteroatoms. The Labute approximate surface area is 116 Å². The summed E-state index contributed by atoms with van der Waals surface area (Å²) >= 11 is 1.49. The molecule has 0 N–H and O–H groups in total. The van der Waals surface area contributed by atoms with E-state index in [4.69, 9.17) is 0 Å². The van der Waals surface area contributed by atoms with Crippen molar-refractivity contribution in [3.63, 3.8) is 0 Å². The highest BCUT2D eigenvalue weighted by atomic mass is 32.1. The van der Waals surface area contributed by atoms with Crippen molar-refractivity contribution in [2.75, 3.05) is 26.7 Å². The second-order valence-corrected chi connectivity index (χ2v) is 6.55. The Kier molecular flexibility index (Phi) is 2.85. The molecule has 1 aromatic rings. The molecule has 1 aromatic heterocycles. The summed E-state index contributed by atoms with van der Waals surface area (Å²) in [6, 6.07) is 0. The minimum Gasteiger partial charge on any atom is -0.344 e. The zero-order valence-corrected chi connectivity index (χ0v) is 12.0. The van der Waals surface area contributed by atoms with Crippen molar-refractivity contribution in [2.45, 2.75) is 19.8 Å². The number of nitrogens with zero attached hydrogens (tertiary/aromatic N) is 3. The first-order valence-corrected chi connectivity index (χ1v) is 7.37. The molecular formula is C13H17N3O2S. The normalized spacial score (nSPS) is 21.7. The number of amides is 2. The smallest absolute Gasteiger partial charge is 0.273 e. The lowest BCUT2D eigenvalue weighted by Gasteiger charge is -2.51. The van der Waals surface area contributed by atoms with E-state index >= 15 is 0 Å². The molecule has 1 spiro atoms. The number of rotatable bonds is 1. The summed E-state index contributed by atoms with van der Waals surface area (Å²) in [6.45, 7) is 4.06. The topological polar surface area (TPSA) is 53.5 Å². The minimum atomic E-state index is -0.177. The fraction of sp³-hybridized carbons (Fsp3) is 0.615. The molecule has 2 aliphatic rings. The van der Waals surface area contributed by atoms with Crippen molar-refractivity contribution in [1.29, 1.82) is 0 Å². The van der Waals surface area contributed by atoms with Gasteiger partial charge >= 0.3 is 0 Å². The van der Waals surface area contributed by atoms with Crippen LogP contribution in [0.1, 0.15) is 28.3 Å². The highest BCUT2D eigenvalue weighted by Gasteiger charge is 2.51. The molecule has 0 atom stereocenters. The number of likely N-dealkylation sites (tertiary alicyclic amines) is 2. The molecule has 0 radical (unpaired) electrons. The highest BCUT2D eigenvalue weighted by molar-refractivity contribution is 7.09. The number of carbonyl (C=O) groups excluding carboxylic acids is 2. The maximum absolute atomic E-state index is 12.3. The van der Waals surface area contributed by atoms with E-state index < -0.39 is 0 Å². The van der Waals surface area contributed by atoms with Gasteiger partial charge in [-0.15, -0.1) is 11.3 Å². The van der Waals surface area contributed by atoms with E-state index in [1.807, 2.05) is 24.3 Å². The summed E-state index contributed by atoms with van der Waals surface area (Å²) in [6.07, 6.45) is 1.57. The molecule has 19 heavy (non-hydrogen) atoms. The second-order valence-electron chi connectivity index (χ2n) is 5.49. The highest BCUT2D eigenvalue weighted by Crippen LogP contribution is 2.41. The van der Waals surface area contributed by atoms with Crippen LogP contribution in [0.2, 0.25) is 0 Å².